The highest BCUT2D eigenvalue weighted by Crippen LogP contribution is 2.29. The molecule has 3 nitrogen and oxygen atoms in total. The van der Waals surface area contributed by atoms with Crippen LogP contribution in [-0.4, -0.2) is 57.5 Å². The zero-order chi connectivity index (χ0) is 13.6. The Morgan fingerprint density at radius 2 is 2.11 bits per heavy atom. The molecule has 1 N–H and O–H groups in total. The second-order valence-corrected chi connectivity index (χ2v) is 5.22. The van der Waals surface area contributed by atoms with Crippen molar-refractivity contribution in [3.63, 3.8) is 0 Å². The number of nitrogens with one attached hydrogen (secondary N) is 1. The van der Waals surface area contributed by atoms with Crippen LogP contribution >= 0.6 is 0 Å². The summed E-state index contributed by atoms with van der Waals surface area (Å²) in [6.07, 6.45) is -2.29. The van der Waals surface area contributed by atoms with Crippen molar-refractivity contribution >= 4 is 0 Å². The predicted molar refractivity (Wildman–Crippen MR) is 64.6 cm³/mol. The first-order chi connectivity index (χ1) is 8.37. The lowest BCUT2D eigenvalue weighted by molar-refractivity contribution is -0.148. The van der Waals surface area contributed by atoms with Crippen LogP contribution in [0.1, 0.15) is 19.8 Å². The molecule has 0 aromatic heterocycles. The molecule has 6 heteroatoms. The van der Waals surface area contributed by atoms with E-state index in [4.69, 9.17) is 4.74 Å². The Morgan fingerprint density at radius 3 is 2.61 bits per heavy atom. The summed E-state index contributed by atoms with van der Waals surface area (Å²) in [6.45, 7) is 4.35. The van der Waals surface area contributed by atoms with Gasteiger partial charge in [0, 0.05) is 25.1 Å². The summed E-state index contributed by atoms with van der Waals surface area (Å²) >= 11 is 0. The molecular weight excluding hydrogens is 245 g/mol. The lowest BCUT2D eigenvalue weighted by Crippen LogP contribution is -2.49. The minimum Gasteiger partial charge on any atom is -0.381 e. The van der Waals surface area contributed by atoms with Gasteiger partial charge < -0.3 is 10.1 Å². The second kappa shape index (κ2) is 6.73. The number of ether oxygens (including phenoxy) is 1. The van der Waals surface area contributed by atoms with Gasteiger partial charge in [0.2, 0.25) is 0 Å². The van der Waals surface area contributed by atoms with Crippen LogP contribution in [-0.2, 0) is 4.74 Å². The molecule has 108 valence electrons. The van der Waals surface area contributed by atoms with Gasteiger partial charge in [-0.15, -0.1) is 0 Å². The third kappa shape index (κ3) is 5.54. The zero-order valence-corrected chi connectivity index (χ0v) is 11.1. The molecule has 0 saturated carbocycles. The van der Waals surface area contributed by atoms with Gasteiger partial charge in [0.1, 0.15) is 0 Å². The van der Waals surface area contributed by atoms with E-state index in [1.807, 2.05) is 6.92 Å². The zero-order valence-electron chi connectivity index (χ0n) is 11.1. The minimum atomic E-state index is -4.14. The van der Waals surface area contributed by atoms with E-state index in [0.29, 0.717) is 19.7 Å². The topological polar surface area (TPSA) is 24.5 Å². The molecule has 1 aliphatic heterocycles. The Morgan fingerprint density at radius 1 is 1.39 bits per heavy atom. The van der Waals surface area contributed by atoms with E-state index in [1.165, 1.54) is 11.9 Å². The fraction of sp³-hybridized carbons (Fsp3) is 1.00. The molecule has 0 spiro atoms. The molecule has 1 fully saturated rings. The number of hydrogen-bond acceptors (Lipinski definition) is 3. The summed E-state index contributed by atoms with van der Waals surface area (Å²) in [5, 5.41) is 3.24. The lowest BCUT2D eigenvalue weighted by Gasteiger charge is -2.40. The number of alkyl halides is 3. The van der Waals surface area contributed by atoms with E-state index < -0.39 is 12.7 Å². The van der Waals surface area contributed by atoms with Gasteiger partial charge in [-0.1, -0.05) is 6.92 Å². The van der Waals surface area contributed by atoms with E-state index >= 15 is 0 Å². The fourth-order valence-corrected chi connectivity index (χ4v) is 2.55. The van der Waals surface area contributed by atoms with Crippen molar-refractivity contribution in [3.8, 4) is 0 Å². The molecular formula is C12H23F3N2O. The average molecular weight is 268 g/mol. The first-order valence-corrected chi connectivity index (χ1v) is 6.41. The van der Waals surface area contributed by atoms with Crippen molar-refractivity contribution in [1.29, 1.82) is 0 Å². The molecule has 0 aromatic rings. The van der Waals surface area contributed by atoms with Gasteiger partial charge in [0.15, 0.2) is 0 Å². The quantitative estimate of drug-likeness (QED) is 0.796. The van der Waals surface area contributed by atoms with Crippen LogP contribution in [0.25, 0.3) is 0 Å². The molecule has 18 heavy (non-hydrogen) atoms. The van der Waals surface area contributed by atoms with Crippen LogP contribution in [0.3, 0.4) is 0 Å². The van der Waals surface area contributed by atoms with E-state index in [2.05, 4.69) is 5.32 Å². The Kier molecular flexibility index (Phi) is 5.88. The molecule has 0 radical (unpaired) electrons. The molecule has 1 unspecified atom stereocenters. The summed E-state index contributed by atoms with van der Waals surface area (Å²) in [5.41, 5.74) is -0.186. The van der Waals surface area contributed by atoms with Crippen molar-refractivity contribution in [2.75, 3.05) is 46.4 Å². The molecule has 1 heterocycles. The molecule has 0 aromatic carbocycles. The van der Waals surface area contributed by atoms with E-state index in [-0.39, 0.29) is 5.41 Å². The summed E-state index contributed by atoms with van der Waals surface area (Å²) in [6, 6.07) is 0. The highest BCUT2D eigenvalue weighted by Gasteiger charge is 2.37. The van der Waals surface area contributed by atoms with Gasteiger partial charge in [-0.25, -0.2) is 0 Å². The van der Waals surface area contributed by atoms with Crippen molar-refractivity contribution in [2.45, 2.75) is 25.9 Å². The maximum atomic E-state index is 12.3. The van der Waals surface area contributed by atoms with Crippen molar-refractivity contribution in [3.05, 3.63) is 0 Å². The predicted octanol–water partition coefficient (Wildman–Crippen LogP) is 1.89. The molecule has 1 rings (SSSR count). The van der Waals surface area contributed by atoms with Crippen molar-refractivity contribution < 1.29 is 17.9 Å². The monoisotopic (exact) mass is 268 g/mol. The van der Waals surface area contributed by atoms with Crippen LogP contribution in [0.15, 0.2) is 0 Å². The standard InChI is InChI=1S/C12H23F3N2O/c1-3-16-7-11(5-4-6-18-10-11)8-17(2)9-12(13,14)15/h16H,3-10H2,1-2H3. The summed E-state index contributed by atoms with van der Waals surface area (Å²) in [4.78, 5) is 1.35. The largest absolute Gasteiger partial charge is 0.401 e. The van der Waals surface area contributed by atoms with Crippen LogP contribution in [0.5, 0.6) is 0 Å². The molecule has 0 bridgehead atoms. The van der Waals surface area contributed by atoms with Crippen LogP contribution in [0.4, 0.5) is 13.2 Å². The highest BCUT2D eigenvalue weighted by atomic mass is 19.4. The highest BCUT2D eigenvalue weighted by molar-refractivity contribution is 4.87. The van der Waals surface area contributed by atoms with Gasteiger partial charge in [0.25, 0.3) is 0 Å². The molecule has 1 saturated heterocycles. The summed E-state index contributed by atoms with van der Waals surface area (Å²) in [7, 11) is 1.52. The fourth-order valence-electron chi connectivity index (χ4n) is 2.55. The van der Waals surface area contributed by atoms with E-state index in [1.54, 1.807) is 0 Å². The van der Waals surface area contributed by atoms with E-state index in [0.717, 1.165) is 26.0 Å². The van der Waals surface area contributed by atoms with Crippen molar-refractivity contribution in [1.82, 2.24) is 10.2 Å². The van der Waals surface area contributed by atoms with Gasteiger partial charge >= 0.3 is 6.18 Å². The Labute approximate surface area is 107 Å². The van der Waals surface area contributed by atoms with E-state index in [9.17, 15) is 13.2 Å². The molecule has 1 aliphatic rings. The average Bonchev–Trinajstić information content (AvgIpc) is 2.25. The first-order valence-electron chi connectivity index (χ1n) is 6.41. The summed E-state index contributed by atoms with van der Waals surface area (Å²) in [5.74, 6) is 0. The summed E-state index contributed by atoms with van der Waals surface area (Å²) < 4.78 is 42.5. The smallest absolute Gasteiger partial charge is 0.381 e. The minimum absolute atomic E-state index is 0.186. The maximum Gasteiger partial charge on any atom is 0.401 e. The third-order valence-corrected chi connectivity index (χ3v) is 3.21. The third-order valence-electron chi connectivity index (χ3n) is 3.21. The molecule has 1 atom stereocenters. The van der Waals surface area contributed by atoms with Gasteiger partial charge in [-0.2, -0.15) is 13.2 Å². The van der Waals surface area contributed by atoms with Crippen LogP contribution < -0.4 is 5.32 Å². The molecule has 0 amide bonds. The SMILES string of the molecule is CCNCC1(CN(C)CC(F)(F)F)CCCOC1. The number of halogens is 3. The Bertz CT molecular complexity index is 240. The Hall–Kier alpha value is -0.330. The van der Waals surface area contributed by atoms with Gasteiger partial charge in [-0.05, 0) is 26.4 Å². The first kappa shape index (κ1) is 15.7. The van der Waals surface area contributed by atoms with Gasteiger partial charge in [-0.3, -0.25) is 4.90 Å². The molecule has 0 aliphatic carbocycles. The maximum absolute atomic E-state index is 12.3. The number of nitrogens with zero attached hydrogens (tertiary/aromatic N) is 1. The van der Waals surface area contributed by atoms with Gasteiger partial charge in [0.05, 0.1) is 13.2 Å². The van der Waals surface area contributed by atoms with Crippen LogP contribution in [0.2, 0.25) is 0 Å². The second-order valence-electron chi connectivity index (χ2n) is 5.22. The van der Waals surface area contributed by atoms with Crippen molar-refractivity contribution in [2.24, 2.45) is 5.41 Å². The number of hydrogen-bond donors (Lipinski definition) is 1. The Balaban J connectivity index is 2.54. The lowest BCUT2D eigenvalue weighted by atomic mass is 9.81. The van der Waals surface area contributed by atoms with Crippen LogP contribution in [0, 0.1) is 5.41 Å². The number of rotatable bonds is 6. The normalized spacial score (nSPS) is 25.7.